The Kier molecular flexibility index (Phi) is 5.21. The third-order valence-electron chi connectivity index (χ3n) is 0.393. The Bertz CT molecular complexity index is 237. The molecule has 0 aliphatic carbocycles. The lowest BCUT2D eigenvalue weighted by Gasteiger charge is -2.14. The van der Waals surface area contributed by atoms with Gasteiger partial charge in [0, 0.05) is 0 Å². The van der Waals surface area contributed by atoms with Gasteiger partial charge in [-0.15, -0.1) is 0 Å². The maximum atomic E-state index is 10.7. The van der Waals surface area contributed by atoms with Gasteiger partial charge >= 0.3 is 18.4 Å². The van der Waals surface area contributed by atoms with E-state index in [1.807, 2.05) is 0 Å². The second-order valence-corrected chi connectivity index (χ2v) is 6.97. The van der Waals surface area contributed by atoms with Gasteiger partial charge in [-0.25, -0.2) is 0 Å². The van der Waals surface area contributed by atoms with Crippen LogP contribution in [0.5, 0.6) is 0 Å². The molecule has 0 rings (SSSR count). The molecule has 0 bridgehead atoms. The highest BCUT2D eigenvalue weighted by molar-refractivity contribution is 7.82. The molecule has 0 radical (unpaired) electrons. The Morgan fingerprint density at radius 1 is 0.769 bits per heavy atom. The second kappa shape index (κ2) is 4.63. The van der Waals surface area contributed by atoms with Crippen LogP contribution in [-0.2, 0) is 18.8 Å². The average molecular weight is 333 g/mol. The van der Waals surface area contributed by atoms with E-state index >= 15 is 0 Å². The Balaban J connectivity index is 4.46. The lowest BCUT2D eigenvalue weighted by atomic mass is 11.7. The van der Waals surface area contributed by atoms with E-state index in [1.165, 1.54) is 0 Å². The zero-order chi connectivity index (χ0) is 10.9. The standard InChI is InChI=1S/C2Cl6O4S/c3-1(4,5)11-13(9,10)12-2(6,7)8. The summed E-state index contributed by atoms with van der Waals surface area (Å²) in [4.78, 5) is 0. The topological polar surface area (TPSA) is 52.6 Å². The molecule has 0 heterocycles. The first-order valence-electron chi connectivity index (χ1n) is 2.21. The molecule has 0 N–H and O–H groups in total. The predicted molar refractivity (Wildman–Crippen MR) is 51.7 cm³/mol. The van der Waals surface area contributed by atoms with E-state index in [-0.39, 0.29) is 0 Å². The molecule has 0 fully saturated rings. The zero-order valence-corrected chi connectivity index (χ0v) is 10.7. The lowest BCUT2D eigenvalue weighted by molar-refractivity contribution is 0.213. The van der Waals surface area contributed by atoms with Crippen molar-refractivity contribution in [3.05, 3.63) is 0 Å². The average Bonchev–Trinajstić information content (AvgIpc) is 1.43. The first kappa shape index (κ1) is 14.6. The molecule has 0 aromatic rings. The van der Waals surface area contributed by atoms with Crippen LogP contribution >= 0.6 is 69.6 Å². The van der Waals surface area contributed by atoms with Gasteiger partial charge in [0.05, 0.1) is 0 Å². The van der Waals surface area contributed by atoms with E-state index < -0.39 is 18.4 Å². The highest BCUT2D eigenvalue weighted by atomic mass is 35.6. The minimum atomic E-state index is -4.69. The number of hydrogen-bond acceptors (Lipinski definition) is 4. The number of hydrogen-bond donors (Lipinski definition) is 0. The van der Waals surface area contributed by atoms with Gasteiger partial charge in [-0.05, 0) is 0 Å². The van der Waals surface area contributed by atoms with Crippen molar-refractivity contribution < 1.29 is 16.8 Å². The fourth-order valence-electron chi connectivity index (χ4n) is 0.248. The number of rotatable bonds is 2. The molecule has 0 saturated carbocycles. The molecule has 0 spiro atoms. The van der Waals surface area contributed by atoms with E-state index in [1.54, 1.807) is 0 Å². The maximum absolute atomic E-state index is 10.7. The Morgan fingerprint density at radius 3 is 1.15 bits per heavy atom. The Labute approximate surface area is 104 Å². The smallest absolute Gasteiger partial charge is 0.194 e. The van der Waals surface area contributed by atoms with Crippen LogP contribution < -0.4 is 0 Å². The summed E-state index contributed by atoms with van der Waals surface area (Å²) in [5, 5.41) is 0. The maximum Gasteiger partial charge on any atom is 0.407 e. The van der Waals surface area contributed by atoms with Crippen LogP contribution in [0.1, 0.15) is 0 Å². The van der Waals surface area contributed by atoms with Crippen molar-refractivity contribution in [3.63, 3.8) is 0 Å². The van der Waals surface area contributed by atoms with Crippen LogP contribution in [0.2, 0.25) is 0 Å². The van der Waals surface area contributed by atoms with Crippen molar-refractivity contribution in [1.82, 2.24) is 0 Å². The molecule has 11 heteroatoms. The summed E-state index contributed by atoms with van der Waals surface area (Å²) in [6.07, 6.45) is 0. The summed E-state index contributed by atoms with van der Waals surface area (Å²) >= 11 is 29.8. The molecule has 0 atom stereocenters. The second-order valence-electron chi connectivity index (χ2n) is 1.47. The van der Waals surface area contributed by atoms with Crippen LogP contribution in [0, 0.1) is 0 Å². The fraction of sp³-hybridized carbons (Fsp3) is 1.00. The third kappa shape index (κ3) is 9.90. The molecule has 13 heavy (non-hydrogen) atoms. The summed E-state index contributed by atoms with van der Waals surface area (Å²) in [7, 11) is -4.69. The normalized spacial score (nSPS) is 14.6. The van der Waals surface area contributed by atoms with Crippen molar-refractivity contribution in [1.29, 1.82) is 0 Å². The van der Waals surface area contributed by atoms with Gasteiger partial charge in [0.1, 0.15) is 0 Å². The van der Waals surface area contributed by atoms with Gasteiger partial charge in [-0.1, -0.05) is 69.6 Å². The van der Waals surface area contributed by atoms with Crippen molar-refractivity contribution >= 4 is 80.0 Å². The number of alkyl halides is 6. The van der Waals surface area contributed by atoms with Crippen molar-refractivity contribution in [2.75, 3.05) is 0 Å². The SMILES string of the molecule is O=S(=O)(OC(Cl)(Cl)Cl)OC(Cl)(Cl)Cl. The summed E-state index contributed by atoms with van der Waals surface area (Å²) in [6.45, 7) is 0. The molecule has 80 valence electrons. The molecule has 0 aliphatic rings. The van der Waals surface area contributed by atoms with E-state index in [9.17, 15) is 8.42 Å². The lowest BCUT2D eigenvalue weighted by Crippen LogP contribution is -2.23. The predicted octanol–water partition coefficient (Wildman–Crippen LogP) is 2.92. The molecule has 0 unspecified atom stereocenters. The van der Waals surface area contributed by atoms with Gasteiger partial charge in [0.25, 0.3) is 0 Å². The van der Waals surface area contributed by atoms with Gasteiger partial charge in [0.2, 0.25) is 0 Å². The van der Waals surface area contributed by atoms with Gasteiger partial charge in [0.15, 0.2) is 0 Å². The summed E-state index contributed by atoms with van der Waals surface area (Å²) in [5.74, 6) is 0. The largest absolute Gasteiger partial charge is 0.407 e. The number of halogens is 6. The van der Waals surface area contributed by atoms with Gasteiger partial charge < -0.3 is 0 Å². The monoisotopic (exact) mass is 330 g/mol. The van der Waals surface area contributed by atoms with Crippen molar-refractivity contribution in [2.24, 2.45) is 0 Å². The van der Waals surface area contributed by atoms with E-state index in [0.29, 0.717) is 0 Å². The molecular formula is C2Cl6O4S. The van der Waals surface area contributed by atoms with Crippen molar-refractivity contribution in [2.45, 2.75) is 7.96 Å². The molecule has 4 nitrogen and oxygen atoms in total. The van der Waals surface area contributed by atoms with Crippen molar-refractivity contribution in [3.8, 4) is 0 Å². The van der Waals surface area contributed by atoms with Crippen LogP contribution in [0.4, 0.5) is 0 Å². The Hall–Kier alpha value is 1.61. The minimum absolute atomic E-state index is 2.52. The summed E-state index contributed by atoms with van der Waals surface area (Å²) in [5.41, 5.74) is 0. The molecule has 0 aromatic carbocycles. The molecular weight excluding hydrogens is 333 g/mol. The van der Waals surface area contributed by atoms with E-state index in [4.69, 9.17) is 69.6 Å². The van der Waals surface area contributed by atoms with E-state index in [2.05, 4.69) is 8.37 Å². The molecule has 0 aliphatic heterocycles. The first-order chi connectivity index (χ1) is 5.41. The molecule has 0 aromatic heterocycles. The van der Waals surface area contributed by atoms with E-state index in [0.717, 1.165) is 0 Å². The van der Waals surface area contributed by atoms with Crippen LogP contribution in [0.15, 0.2) is 0 Å². The molecule has 0 saturated heterocycles. The third-order valence-corrected chi connectivity index (χ3v) is 2.31. The minimum Gasteiger partial charge on any atom is -0.194 e. The summed E-state index contributed by atoms with van der Waals surface area (Å²) in [6, 6.07) is 0. The summed E-state index contributed by atoms with van der Waals surface area (Å²) < 4.78 is 24.0. The fourth-order valence-corrected chi connectivity index (χ4v) is 2.13. The van der Waals surface area contributed by atoms with Crippen LogP contribution in [0.3, 0.4) is 0 Å². The quantitative estimate of drug-likeness (QED) is 0.730. The van der Waals surface area contributed by atoms with Gasteiger partial charge in [-0.3, -0.25) is 0 Å². The highest BCUT2D eigenvalue weighted by Gasteiger charge is 2.36. The Morgan fingerprint density at radius 2 is 1.00 bits per heavy atom. The molecule has 0 amide bonds. The van der Waals surface area contributed by atoms with Gasteiger partial charge in [-0.2, -0.15) is 16.8 Å². The first-order valence-corrected chi connectivity index (χ1v) is 5.81. The van der Waals surface area contributed by atoms with Crippen LogP contribution in [0.25, 0.3) is 0 Å². The zero-order valence-electron chi connectivity index (χ0n) is 5.31. The highest BCUT2D eigenvalue weighted by Crippen LogP contribution is 2.35. The van der Waals surface area contributed by atoms with Crippen LogP contribution in [-0.4, -0.2) is 16.4 Å².